The lowest BCUT2D eigenvalue weighted by Crippen LogP contribution is -2.54. The first-order chi connectivity index (χ1) is 6.66. The zero-order valence-electron chi connectivity index (χ0n) is 10.6. The third-order valence-electron chi connectivity index (χ3n) is 3.37. The molecule has 0 aromatic rings. The zero-order valence-corrected chi connectivity index (χ0v) is 10.6. The maximum atomic E-state index is 12.2. The molecular formula is C12H24N2O. The molecule has 1 heterocycles. The molecule has 88 valence electrons. The smallest absolute Gasteiger partial charge is 0.240 e. The van der Waals surface area contributed by atoms with E-state index in [1.165, 1.54) is 0 Å². The van der Waals surface area contributed by atoms with Gasteiger partial charge >= 0.3 is 0 Å². The highest BCUT2D eigenvalue weighted by molar-refractivity contribution is 5.83. The van der Waals surface area contributed by atoms with Gasteiger partial charge in [0.25, 0.3) is 0 Å². The molecule has 0 unspecified atom stereocenters. The molecule has 2 N–H and O–H groups in total. The van der Waals surface area contributed by atoms with Gasteiger partial charge in [-0.05, 0) is 32.1 Å². The van der Waals surface area contributed by atoms with Gasteiger partial charge in [0, 0.05) is 12.1 Å². The number of carbonyl (C=O) groups is 1. The highest BCUT2D eigenvalue weighted by Crippen LogP contribution is 2.30. The highest BCUT2D eigenvalue weighted by Gasteiger charge is 2.40. The predicted octanol–water partition coefficient (Wildman–Crippen LogP) is 1.76. The van der Waals surface area contributed by atoms with Crippen molar-refractivity contribution in [2.45, 2.75) is 59.0 Å². The van der Waals surface area contributed by atoms with Crippen molar-refractivity contribution in [3.63, 3.8) is 0 Å². The van der Waals surface area contributed by atoms with Crippen LogP contribution in [0.3, 0.4) is 0 Å². The molecule has 0 bridgehead atoms. The third kappa shape index (κ3) is 2.51. The second kappa shape index (κ2) is 3.78. The van der Waals surface area contributed by atoms with Crippen molar-refractivity contribution < 1.29 is 4.79 Å². The first kappa shape index (κ1) is 12.5. The minimum atomic E-state index is -0.394. The Morgan fingerprint density at radius 3 is 2.27 bits per heavy atom. The summed E-state index contributed by atoms with van der Waals surface area (Å²) in [7, 11) is 0. The van der Waals surface area contributed by atoms with E-state index in [1.54, 1.807) is 0 Å². The second-order valence-electron chi connectivity index (χ2n) is 6.25. The first-order valence-corrected chi connectivity index (χ1v) is 5.73. The van der Waals surface area contributed by atoms with E-state index in [2.05, 4.69) is 13.8 Å². The molecule has 1 rings (SSSR count). The number of hydrogen-bond acceptors (Lipinski definition) is 2. The lowest BCUT2D eigenvalue weighted by molar-refractivity contribution is -0.138. The van der Waals surface area contributed by atoms with Crippen LogP contribution in [0.15, 0.2) is 0 Å². The van der Waals surface area contributed by atoms with Crippen molar-refractivity contribution >= 4 is 5.91 Å². The Balaban J connectivity index is 2.77. The summed E-state index contributed by atoms with van der Waals surface area (Å²) in [6.45, 7) is 11.1. The van der Waals surface area contributed by atoms with Gasteiger partial charge in [-0.2, -0.15) is 0 Å². The molecule has 1 aliphatic heterocycles. The summed E-state index contributed by atoms with van der Waals surface area (Å²) in [4.78, 5) is 14.2. The SMILES string of the molecule is CC(C)(C)[C@@H](N)C(=O)N1CCCC1(C)C. The second-order valence-corrected chi connectivity index (χ2v) is 6.25. The van der Waals surface area contributed by atoms with Crippen molar-refractivity contribution in [1.82, 2.24) is 4.90 Å². The molecule has 3 nitrogen and oxygen atoms in total. The molecule has 0 aromatic carbocycles. The van der Waals surface area contributed by atoms with E-state index in [-0.39, 0.29) is 16.9 Å². The lowest BCUT2D eigenvalue weighted by Gasteiger charge is -2.37. The molecule has 0 saturated carbocycles. The van der Waals surface area contributed by atoms with Gasteiger partial charge in [0.2, 0.25) is 5.91 Å². The lowest BCUT2D eigenvalue weighted by atomic mass is 9.86. The van der Waals surface area contributed by atoms with Gasteiger partial charge in [0.15, 0.2) is 0 Å². The van der Waals surface area contributed by atoms with E-state index in [0.29, 0.717) is 0 Å². The number of hydrogen-bond donors (Lipinski definition) is 1. The van der Waals surface area contributed by atoms with Crippen molar-refractivity contribution in [1.29, 1.82) is 0 Å². The third-order valence-corrected chi connectivity index (χ3v) is 3.37. The van der Waals surface area contributed by atoms with Crippen molar-refractivity contribution in [2.24, 2.45) is 11.1 Å². The molecular weight excluding hydrogens is 188 g/mol. The van der Waals surface area contributed by atoms with Gasteiger partial charge < -0.3 is 10.6 Å². The van der Waals surface area contributed by atoms with E-state index in [4.69, 9.17) is 5.73 Å². The fraction of sp³-hybridized carbons (Fsp3) is 0.917. The van der Waals surface area contributed by atoms with Crippen LogP contribution < -0.4 is 5.73 Å². The monoisotopic (exact) mass is 212 g/mol. The number of amides is 1. The molecule has 1 saturated heterocycles. The first-order valence-electron chi connectivity index (χ1n) is 5.73. The maximum absolute atomic E-state index is 12.2. The van der Waals surface area contributed by atoms with Gasteiger partial charge in [0.05, 0.1) is 6.04 Å². The summed E-state index contributed by atoms with van der Waals surface area (Å²) in [6, 6.07) is -0.394. The van der Waals surface area contributed by atoms with Crippen molar-refractivity contribution in [3.05, 3.63) is 0 Å². The molecule has 3 heteroatoms. The summed E-state index contributed by atoms with van der Waals surface area (Å²) in [5, 5.41) is 0. The van der Waals surface area contributed by atoms with E-state index >= 15 is 0 Å². The molecule has 15 heavy (non-hydrogen) atoms. The van der Waals surface area contributed by atoms with E-state index in [1.807, 2.05) is 25.7 Å². The minimum absolute atomic E-state index is 0.0139. The average Bonchev–Trinajstić information content (AvgIpc) is 2.41. The molecule has 1 atom stereocenters. The molecule has 0 aliphatic carbocycles. The quantitative estimate of drug-likeness (QED) is 0.720. The summed E-state index contributed by atoms with van der Waals surface area (Å²) < 4.78 is 0. The average molecular weight is 212 g/mol. The molecule has 0 aromatic heterocycles. The van der Waals surface area contributed by atoms with E-state index in [0.717, 1.165) is 19.4 Å². The van der Waals surface area contributed by atoms with Crippen LogP contribution >= 0.6 is 0 Å². The zero-order chi connectivity index (χ0) is 11.9. The van der Waals surface area contributed by atoms with Crippen LogP contribution in [-0.2, 0) is 4.79 Å². The normalized spacial score (nSPS) is 22.9. The van der Waals surface area contributed by atoms with E-state index in [9.17, 15) is 4.79 Å². The summed E-state index contributed by atoms with van der Waals surface area (Å²) in [6.07, 6.45) is 2.17. The van der Waals surface area contributed by atoms with Crippen LogP contribution in [0.5, 0.6) is 0 Å². The Morgan fingerprint density at radius 2 is 1.93 bits per heavy atom. The standard InChI is InChI=1S/C12H24N2O/c1-11(2,3)9(13)10(15)14-8-6-7-12(14,4)5/h9H,6-8,13H2,1-5H3/t9-/m0/s1. The number of nitrogens with zero attached hydrogens (tertiary/aromatic N) is 1. The van der Waals surface area contributed by atoms with E-state index < -0.39 is 6.04 Å². The molecule has 1 aliphatic rings. The molecule has 0 spiro atoms. The van der Waals surface area contributed by atoms with Gasteiger partial charge in [-0.25, -0.2) is 0 Å². The highest BCUT2D eigenvalue weighted by atomic mass is 16.2. The Bertz CT molecular complexity index is 253. The van der Waals surface area contributed by atoms with Crippen LogP contribution in [0, 0.1) is 5.41 Å². The van der Waals surface area contributed by atoms with Gasteiger partial charge in [0.1, 0.15) is 0 Å². The van der Waals surface area contributed by atoms with Crippen LogP contribution in [0.2, 0.25) is 0 Å². The summed E-state index contributed by atoms with van der Waals surface area (Å²) in [5.74, 6) is 0.102. The van der Waals surface area contributed by atoms with Crippen LogP contribution in [0.25, 0.3) is 0 Å². The summed E-state index contributed by atoms with van der Waals surface area (Å²) in [5.41, 5.74) is 5.83. The Morgan fingerprint density at radius 1 is 1.40 bits per heavy atom. The number of carbonyl (C=O) groups excluding carboxylic acids is 1. The fourth-order valence-corrected chi connectivity index (χ4v) is 2.05. The molecule has 0 radical (unpaired) electrons. The molecule has 1 fully saturated rings. The van der Waals surface area contributed by atoms with Crippen LogP contribution in [0.4, 0.5) is 0 Å². The Hall–Kier alpha value is -0.570. The number of rotatable bonds is 1. The van der Waals surface area contributed by atoms with Crippen LogP contribution in [-0.4, -0.2) is 28.9 Å². The maximum Gasteiger partial charge on any atom is 0.240 e. The number of likely N-dealkylation sites (tertiary alicyclic amines) is 1. The largest absolute Gasteiger partial charge is 0.336 e. The van der Waals surface area contributed by atoms with Gasteiger partial charge in [-0.1, -0.05) is 20.8 Å². The van der Waals surface area contributed by atoms with Gasteiger partial charge in [-0.3, -0.25) is 4.79 Å². The Labute approximate surface area is 93.0 Å². The predicted molar refractivity (Wildman–Crippen MR) is 62.5 cm³/mol. The topological polar surface area (TPSA) is 46.3 Å². The van der Waals surface area contributed by atoms with Crippen molar-refractivity contribution in [2.75, 3.05) is 6.54 Å². The van der Waals surface area contributed by atoms with Crippen molar-refractivity contribution in [3.8, 4) is 0 Å². The minimum Gasteiger partial charge on any atom is -0.336 e. The van der Waals surface area contributed by atoms with Crippen LogP contribution in [0.1, 0.15) is 47.5 Å². The van der Waals surface area contributed by atoms with Gasteiger partial charge in [-0.15, -0.1) is 0 Å². The Kier molecular flexibility index (Phi) is 3.15. The molecule has 1 amide bonds. The number of nitrogens with two attached hydrogens (primary N) is 1. The summed E-state index contributed by atoms with van der Waals surface area (Å²) >= 11 is 0. The fourth-order valence-electron chi connectivity index (χ4n) is 2.05.